The van der Waals surface area contributed by atoms with Crippen molar-refractivity contribution in [1.29, 1.82) is 5.26 Å². The van der Waals surface area contributed by atoms with E-state index < -0.39 is 0 Å². The third kappa shape index (κ3) is 1.30. The zero-order chi connectivity index (χ0) is 10.1. The van der Waals surface area contributed by atoms with Crippen LogP contribution < -0.4 is 0 Å². The zero-order valence-corrected chi connectivity index (χ0v) is 9.25. The van der Waals surface area contributed by atoms with Gasteiger partial charge in [0.2, 0.25) is 0 Å². The summed E-state index contributed by atoms with van der Waals surface area (Å²) in [6.07, 6.45) is 1.00. The number of fused-ring (bicyclic) bond motifs is 1. The van der Waals surface area contributed by atoms with E-state index in [2.05, 4.69) is 18.4 Å². The van der Waals surface area contributed by atoms with Gasteiger partial charge >= 0.3 is 0 Å². The first-order chi connectivity index (χ1) is 6.77. The maximum Gasteiger partial charge on any atom is 0.101 e. The first-order valence-electron chi connectivity index (χ1n) is 4.36. The van der Waals surface area contributed by atoms with Gasteiger partial charge in [-0.15, -0.1) is 11.3 Å². The monoisotopic (exact) mass is 221 g/mol. The first-order valence-corrected chi connectivity index (χ1v) is 5.62. The second kappa shape index (κ2) is 3.61. The minimum atomic E-state index is 0.559. The molecule has 0 bridgehead atoms. The number of benzene rings is 1. The molecule has 0 fully saturated rings. The third-order valence-corrected chi connectivity index (χ3v) is 3.83. The lowest BCUT2D eigenvalue weighted by Crippen LogP contribution is -1.79. The largest absolute Gasteiger partial charge is 0.192 e. The van der Waals surface area contributed by atoms with Gasteiger partial charge in [0, 0.05) is 0 Å². The summed E-state index contributed by atoms with van der Waals surface area (Å²) in [6, 6.07) is 5.86. The van der Waals surface area contributed by atoms with Crippen molar-refractivity contribution in [1.82, 2.24) is 0 Å². The van der Waals surface area contributed by atoms with Gasteiger partial charge in [0.1, 0.15) is 6.07 Å². The lowest BCUT2D eigenvalue weighted by Gasteiger charge is -1.97. The Morgan fingerprint density at radius 1 is 1.50 bits per heavy atom. The average molecular weight is 222 g/mol. The highest BCUT2D eigenvalue weighted by atomic mass is 35.5. The number of halogens is 1. The minimum Gasteiger partial charge on any atom is -0.192 e. The topological polar surface area (TPSA) is 23.8 Å². The van der Waals surface area contributed by atoms with Gasteiger partial charge in [-0.1, -0.05) is 24.6 Å². The van der Waals surface area contributed by atoms with Crippen molar-refractivity contribution in [3.8, 4) is 6.07 Å². The first kappa shape index (κ1) is 9.51. The molecule has 2 rings (SSSR count). The Hall–Kier alpha value is -1.04. The van der Waals surface area contributed by atoms with Crippen molar-refractivity contribution in [2.75, 3.05) is 0 Å². The van der Waals surface area contributed by atoms with Crippen LogP contribution in [-0.2, 0) is 6.42 Å². The summed E-state index contributed by atoms with van der Waals surface area (Å²) in [5.41, 5.74) is 1.86. The standard InChI is InChI=1S/C11H8ClNS/c1-2-7-6-14-11-9(7)4-3-8(5-13)10(11)12/h3-4,6H,2H2,1H3. The number of nitriles is 1. The van der Waals surface area contributed by atoms with Gasteiger partial charge in [-0.25, -0.2) is 0 Å². The molecule has 0 aliphatic heterocycles. The Balaban J connectivity index is 2.80. The molecule has 1 heterocycles. The molecule has 0 radical (unpaired) electrons. The molecule has 1 aromatic heterocycles. The Morgan fingerprint density at radius 3 is 2.93 bits per heavy atom. The molecule has 1 nitrogen and oxygen atoms in total. The lowest BCUT2D eigenvalue weighted by molar-refractivity contribution is 1.17. The van der Waals surface area contributed by atoms with Crippen molar-refractivity contribution < 1.29 is 0 Å². The second-order valence-corrected chi connectivity index (χ2v) is 4.29. The van der Waals surface area contributed by atoms with Gasteiger partial charge in [-0.2, -0.15) is 5.26 Å². The fraction of sp³-hybridized carbons (Fsp3) is 0.182. The van der Waals surface area contributed by atoms with Gasteiger partial charge in [0.05, 0.1) is 15.3 Å². The van der Waals surface area contributed by atoms with Crippen LogP contribution in [0.5, 0.6) is 0 Å². The number of hydrogen-bond acceptors (Lipinski definition) is 2. The summed E-state index contributed by atoms with van der Waals surface area (Å²) in [6.45, 7) is 2.12. The second-order valence-electron chi connectivity index (χ2n) is 3.03. The molecular weight excluding hydrogens is 214 g/mol. The molecule has 2 aromatic rings. The molecule has 0 saturated heterocycles. The van der Waals surface area contributed by atoms with Gasteiger partial charge in [0.25, 0.3) is 0 Å². The molecule has 0 atom stereocenters. The average Bonchev–Trinajstić information content (AvgIpc) is 2.62. The maximum absolute atomic E-state index is 8.81. The van der Waals surface area contributed by atoms with Crippen molar-refractivity contribution in [2.45, 2.75) is 13.3 Å². The van der Waals surface area contributed by atoms with Crippen LogP contribution in [0.3, 0.4) is 0 Å². The SMILES string of the molecule is CCc1csc2c(Cl)c(C#N)ccc12. The quantitative estimate of drug-likeness (QED) is 0.715. The van der Waals surface area contributed by atoms with E-state index in [4.69, 9.17) is 16.9 Å². The molecule has 0 aliphatic rings. The maximum atomic E-state index is 8.81. The molecule has 70 valence electrons. The van der Waals surface area contributed by atoms with E-state index in [-0.39, 0.29) is 0 Å². The van der Waals surface area contributed by atoms with Crippen LogP contribution in [0.1, 0.15) is 18.1 Å². The summed E-state index contributed by atoms with van der Waals surface area (Å²) in [7, 11) is 0. The highest BCUT2D eigenvalue weighted by molar-refractivity contribution is 7.18. The van der Waals surface area contributed by atoms with Crippen LogP contribution >= 0.6 is 22.9 Å². The fourth-order valence-electron chi connectivity index (χ4n) is 1.48. The zero-order valence-electron chi connectivity index (χ0n) is 7.67. The molecule has 0 spiro atoms. The van der Waals surface area contributed by atoms with Crippen LogP contribution in [-0.4, -0.2) is 0 Å². The summed E-state index contributed by atoms with van der Waals surface area (Å²) < 4.78 is 1.03. The summed E-state index contributed by atoms with van der Waals surface area (Å²) in [5.74, 6) is 0. The predicted molar refractivity (Wildman–Crippen MR) is 60.9 cm³/mol. The molecule has 0 aliphatic carbocycles. The number of aryl methyl sites for hydroxylation is 1. The Kier molecular flexibility index (Phi) is 2.45. The van der Waals surface area contributed by atoms with Crippen LogP contribution in [0.25, 0.3) is 10.1 Å². The van der Waals surface area contributed by atoms with Crippen LogP contribution in [0.15, 0.2) is 17.5 Å². The minimum absolute atomic E-state index is 0.559. The Morgan fingerprint density at radius 2 is 2.29 bits per heavy atom. The van der Waals surface area contributed by atoms with Crippen LogP contribution in [0.2, 0.25) is 5.02 Å². The summed E-state index contributed by atoms with van der Waals surface area (Å²) >= 11 is 7.71. The molecule has 1 aromatic carbocycles. The van der Waals surface area contributed by atoms with Crippen LogP contribution in [0, 0.1) is 11.3 Å². The number of nitrogens with zero attached hydrogens (tertiary/aromatic N) is 1. The van der Waals surface area contributed by atoms with E-state index in [0.29, 0.717) is 10.6 Å². The van der Waals surface area contributed by atoms with E-state index in [1.54, 1.807) is 17.4 Å². The van der Waals surface area contributed by atoms with Crippen molar-refractivity contribution in [3.05, 3.63) is 33.7 Å². The fourth-order valence-corrected chi connectivity index (χ4v) is 2.91. The molecule has 0 amide bonds. The summed E-state index contributed by atoms with van der Waals surface area (Å²) in [4.78, 5) is 0. The van der Waals surface area contributed by atoms with Gasteiger partial charge in [-0.3, -0.25) is 0 Å². The highest BCUT2D eigenvalue weighted by Crippen LogP contribution is 2.34. The molecular formula is C11H8ClNS. The number of hydrogen-bond donors (Lipinski definition) is 0. The van der Waals surface area contributed by atoms with Gasteiger partial charge in [-0.05, 0) is 28.8 Å². The summed E-state index contributed by atoms with van der Waals surface area (Å²) in [5, 5.41) is 12.7. The van der Waals surface area contributed by atoms with E-state index in [9.17, 15) is 0 Å². The normalized spacial score (nSPS) is 10.4. The van der Waals surface area contributed by atoms with Gasteiger partial charge in [0.15, 0.2) is 0 Å². The van der Waals surface area contributed by atoms with E-state index in [0.717, 1.165) is 11.1 Å². The molecule has 0 unspecified atom stereocenters. The van der Waals surface area contributed by atoms with Crippen molar-refractivity contribution in [2.24, 2.45) is 0 Å². The van der Waals surface area contributed by atoms with Crippen molar-refractivity contribution in [3.63, 3.8) is 0 Å². The molecule has 0 N–H and O–H groups in total. The van der Waals surface area contributed by atoms with E-state index in [1.807, 2.05) is 6.07 Å². The number of thiophene rings is 1. The lowest BCUT2D eigenvalue weighted by atomic mass is 10.1. The van der Waals surface area contributed by atoms with E-state index >= 15 is 0 Å². The third-order valence-electron chi connectivity index (χ3n) is 2.26. The highest BCUT2D eigenvalue weighted by Gasteiger charge is 2.09. The van der Waals surface area contributed by atoms with Gasteiger partial charge < -0.3 is 0 Å². The number of rotatable bonds is 1. The Bertz CT molecular complexity index is 522. The van der Waals surface area contributed by atoms with E-state index in [1.165, 1.54) is 10.9 Å². The van der Waals surface area contributed by atoms with Crippen molar-refractivity contribution >= 4 is 33.0 Å². The molecule has 0 saturated carbocycles. The Labute approximate surface area is 91.5 Å². The smallest absolute Gasteiger partial charge is 0.101 e. The molecule has 3 heteroatoms. The predicted octanol–water partition coefficient (Wildman–Crippen LogP) is 3.99. The molecule has 14 heavy (non-hydrogen) atoms. The van der Waals surface area contributed by atoms with Crippen LogP contribution in [0.4, 0.5) is 0 Å².